The summed E-state index contributed by atoms with van der Waals surface area (Å²) in [6.07, 6.45) is 6.56. The molecule has 6 aromatic carbocycles. The molecule has 1 spiro atoms. The normalized spacial score (nSPS) is 17.2. The summed E-state index contributed by atoms with van der Waals surface area (Å²) in [5, 5.41) is 2.50. The molecule has 2 aromatic heterocycles. The van der Waals surface area contributed by atoms with Gasteiger partial charge in [0.25, 0.3) is 0 Å². The Morgan fingerprint density at radius 1 is 0.640 bits per heavy atom. The summed E-state index contributed by atoms with van der Waals surface area (Å²) in [7, 11) is 0. The molecule has 2 aliphatic rings. The molecule has 0 saturated heterocycles. The standard InChI is InChI=1S/C46H32N2S2/c1-30-13-12-28-49-41-23-8-6-20-37(41)46(30)38-26-25-31(39-21-11-27-47-39)29-43(38)50-42-24-10-17-34(44(42)46)36-19-9-18-35-33-16-5-7-22-40(33)48(45(35)36)32-14-3-2-4-15-32/h2-27,29,47H,1,28H2/b13-12-. The molecule has 0 radical (unpaired) electrons. The van der Waals surface area contributed by atoms with Crippen LogP contribution in [-0.4, -0.2) is 15.3 Å². The van der Waals surface area contributed by atoms with E-state index in [1.165, 1.54) is 69.9 Å². The van der Waals surface area contributed by atoms with E-state index in [4.69, 9.17) is 6.58 Å². The lowest BCUT2D eigenvalue weighted by Crippen LogP contribution is -2.35. The van der Waals surface area contributed by atoms with Gasteiger partial charge in [0.2, 0.25) is 0 Å². The van der Waals surface area contributed by atoms with Crippen LogP contribution in [0.1, 0.15) is 16.7 Å². The van der Waals surface area contributed by atoms with Gasteiger partial charge >= 0.3 is 0 Å². The summed E-state index contributed by atoms with van der Waals surface area (Å²) < 4.78 is 2.45. The van der Waals surface area contributed by atoms with E-state index in [0.717, 1.165) is 22.7 Å². The van der Waals surface area contributed by atoms with Crippen molar-refractivity contribution in [1.29, 1.82) is 0 Å². The van der Waals surface area contributed by atoms with Crippen molar-refractivity contribution in [3.63, 3.8) is 0 Å². The first-order valence-corrected chi connectivity index (χ1v) is 18.8. The monoisotopic (exact) mass is 676 g/mol. The number of benzene rings is 6. The van der Waals surface area contributed by atoms with Crippen LogP contribution in [0.15, 0.2) is 191 Å². The number of para-hydroxylation sites is 3. The minimum atomic E-state index is -0.618. The molecule has 0 amide bonds. The van der Waals surface area contributed by atoms with Gasteiger partial charge in [0, 0.05) is 54.4 Å². The van der Waals surface area contributed by atoms with E-state index in [9.17, 15) is 0 Å². The topological polar surface area (TPSA) is 20.7 Å². The minimum absolute atomic E-state index is 0.618. The van der Waals surface area contributed by atoms with E-state index in [-0.39, 0.29) is 0 Å². The van der Waals surface area contributed by atoms with Crippen molar-refractivity contribution in [3.05, 3.63) is 193 Å². The van der Waals surface area contributed by atoms with Crippen molar-refractivity contribution < 1.29 is 0 Å². The largest absolute Gasteiger partial charge is 0.361 e. The molecule has 2 aliphatic heterocycles. The van der Waals surface area contributed by atoms with Crippen LogP contribution in [0.5, 0.6) is 0 Å². The number of hydrogen-bond donors (Lipinski definition) is 1. The van der Waals surface area contributed by atoms with E-state index in [1.807, 2.05) is 29.7 Å². The molecular formula is C46H32N2S2. The van der Waals surface area contributed by atoms with Crippen molar-refractivity contribution in [1.82, 2.24) is 9.55 Å². The summed E-state index contributed by atoms with van der Waals surface area (Å²) in [5.41, 5.74) is 12.7. The van der Waals surface area contributed by atoms with E-state index in [0.29, 0.717) is 0 Å². The van der Waals surface area contributed by atoms with Crippen molar-refractivity contribution >= 4 is 45.3 Å². The number of fused-ring (bicyclic) bond motifs is 9. The maximum Gasteiger partial charge on any atom is 0.0734 e. The van der Waals surface area contributed by atoms with Crippen LogP contribution in [0.25, 0.3) is 49.9 Å². The predicted molar refractivity (Wildman–Crippen MR) is 212 cm³/mol. The lowest BCUT2D eigenvalue weighted by molar-refractivity contribution is 0.690. The van der Waals surface area contributed by atoms with E-state index in [1.54, 1.807) is 0 Å². The van der Waals surface area contributed by atoms with Gasteiger partial charge < -0.3 is 9.55 Å². The number of nitrogens with zero attached hydrogens (tertiary/aromatic N) is 1. The molecule has 1 N–H and O–H groups in total. The van der Waals surface area contributed by atoms with Crippen LogP contribution in [0, 0.1) is 0 Å². The van der Waals surface area contributed by atoms with Crippen LogP contribution in [-0.2, 0) is 5.41 Å². The Labute approximate surface area is 300 Å². The maximum absolute atomic E-state index is 4.94. The Kier molecular flexibility index (Phi) is 6.83. The SMILES string of the molecule is C=C1/C=C\CSc2ccccc2C12c1ccc(-c3ccc[nH]3)cc1Sc1cccc(-c3cccc4c5ccccc5n(-c5ccccc5)c34)c12. The third-order valence-electron chi connectivity index (χ3n) is 10.3. The third-order valence-corrected chi connectivity index (χ3v) is 12.5. The molecule has 0 bridgehead atoms. The van der Waals surface area contributed by atoms with Crippen molar-refractivity contribution in [3.8, 4) is 28.1 Å². The van der Waals surface area contributed by atoms with Gasteiger partial charge in [0.05, 0.1) is 16.4 Å². The molecule has 1 atom stereocenters. The van der Waals surface area contributed by atoms with Crippen molar-refractivity contribution in [2.45, 2.75) is 20.1 Å². The highest BCUT2D eigenvalue weighted by Crippen LogP contribution is 2.60. The number of thioether (sulfide) groups is 1. The van der Waals surface area contributed by atoms with Gasteiger partial charge in [0.1, 0.15) is 0 Å². The summed E-state index contributed by atoms with van der Waals surface area (Å²) >= 11 is 3.78. The van der Waals surface area contributed by atoms with Crippen LogP contribution in [0.2, 0.25) is 0 Å². The molecule has 1 unspecified atom stereocenters. The molecule has 8 aromatic rings. The van der Waals surface area contributed by atoms with E-state index < -0.39 is 5.41 Å². The molecule has 50 heavy (non-hydrogen) atoms. The first-order valence-electron chi connectivity index (χ1n) is 17.0. The Bertz CT molecular complexity index is 2650. The molecule has 10 rings (SSSR count). The van der Waals surface area contributed by atoms with Crippen molar-refractivity contribution in [2.24, 2.45) is 0 Å². The number of H-pyrrole nitrogens is 1. The molecule has 4 heterocycles. The average Bonchev–Trinajstić information content (AvgIpc) is 3.82. The quantitative estimate of drug-likeness (QED) is 0.201. The fourth-order valence-corrected chi connectivity index (χ4v) is 10.5. The average molecular weight is 677 g/mol. The van der Waals surface area contributed by atoms with Crippen LogP contribution < -0.4 is 0 Å². The highest BCUT2D eigenvalue weighted by atomic mass is 32.2. The lowest BCUT2D eigenvalue weighted by atomic mass is 9.62. The van der Waals surface area contributed by atoms with Gasteiger partial charge in [-0.1, -0.05) is 128 Å². The Morgan fingerprint density at radius 2 is 1.40 bits per heavy atom. The molecule has 4 heteroatoms. The summed E-state index contributed by atoms with van der Waals surface area (Å²) in [6.45, 7) is 4.94. The highest BCUT2D eigenvalue weighted by molar-refractivity contribution is 7.99. The fourth-order valence-electron chi connectivity index (χ4n) is 8.30. The zero-order valence-electron chi connectivity index (χ0n) is 27.3. The van der Waals surface area contributed by atoms with Crippen LogP contribution in [0.4, 0.5) is 0 Å². The van der Waals surface area contributed by atoms with Gasteiger partial charge in [-0.25, -0.2) is 0 Å². The van der Waals surface area contributed by atoms with Gasteiger partial charge in [-0.3, -0.25) is 0 Å². The molecular weight excluding hydrogens is 645 g/mol. The minimum Gasteiger partial charge on any atom is -0.361 e. The number of allylic oxidation sites excluding steroid dienone is 2. The smallest absolute Gasteiger partial charge is 0.0734 e. The fraction of sp³-hybridized carbons (Fsp3) is 0.0435. The molecule has 2 nitrogen and oxygen atoms in total. The zero-order valence-corrected chi connectivity index (χ0v) is 28.9. The zero-order chi connectivity index (χ0) is 33.2. The third kappa shape index (κ3) is 4.25. The number of hydrogen-bond acceptors (Lipinski definition) is 2. The van der Waals surface area contributed by atoms with E-state index in [2.05, 4.69) is 167 Å². The van der Waals surface area contributed by atoms with Gasteiger partial charge in [0.15, 0.2) is 0 Å². The Balaban J connectivity index is 1.35. The van der Waals surface area contributed by atoms with Gasteiger partial charge in [-0.2, -0.15) is 0 Å². The molecule has 0 saturated carbocycles. The Hall–Kier alpha value is -5.42. The van der Waals surface area contributed by atoms with E-state index >= 15 is 0 Å². The number of aromatic amines is 1. The summed E-state index contributed by atoms with van der Waals surface area (Å²) in [5.74, 6) is 0.907. The molecule has 0 fully saturated rings. The number of nitrogens with one attached hydrogen (secondary N) is 1. The van der Waals surface area contributed by atoms with Crippen molar-refractivity contribution in [2.75, 3.05) is 5.75 Å². The van der Waals surface area contributed by atoms with Crippen LogP contribution >= 0.6 is 23.5 Å². The second-order valence-electron chi connectivity index (χ2n) is 13.0. The van der Waals surface area contributed by atoms with Gasteiger partial charge in [-0.15, -0.1) is 11.8 Å². The first-order chi connectivity index (χ1) is 24.7. The lowest BCUT2D eigenvalue weighted by Gasteiger charge is -2.44. The second kappa shape index (κ2) is 11.6. The summed E-state index contributed by atoms with van der Waals surface area (Å²) in [4.78, 5) is 7.24. The number of rotatable bonds is 3. The predicted octanol–water partition coefficient (Wildman–Crippen LogP) is 12.5. The van der Waals surface area contributed by atoms with Gasteiger partial charge in [-0.05, 0) is 81.9 Å². The molecule has 0 aliphatic carbocycles. The molecule has 238 valence electrons. The number of aromatic nitrogens is 2. The van der Waals surface area contributed by atoms with Crippen LogP contribution in [0.3, 0.4) is 0 Å². The highest BCUT2D eigenvalue weighted by Gasteiger charge is 2.47. The maximum atomic E-state index is 4.94. The first kappa shape index (κ1) is 29.5. The Morgan fingerprint density at radius 3 is 2.30 bits per heavy atom. The second-order valence-corrected chi connectivity index (χ2v) is 15.1. The summed E-state index contributed by atoms with van der Waals surface area (Å²) in [6, 6.07) is 53.5.